The fourth-order valence-electron chi connectivity index (χ4n) is 1.54. The Morgan fingerprint density at radius 3 is 2.75 bits per heavy atom. The first kappa shape index (κ1) is 12.4. The second-order valence-corrected chi connectivity index (χ2v) is 3.23. The van der Waals surface area contributed by atoms with Gasteiger partial charge in [-0.3, -0.25) is 10.1 Å². The van der Waals surface area contributed by atoms with Crippen molar-refractivity contribution in [3.63, 3.8) is 0 Å². The normalized spacial score (nSPS) is 10.2. The molecule has 0 atom stereocenters. The van der Waals surface area contributed by atoms with E-state index in [1.54, 1.807) is 4.90 Å². The summed E-state index contributed by atoms with van der Waals surface area (Å²) in [5, 5.41) is 10.8. The molecule has 2 N–H and O–H groups in total. The van der Waals surface area contributed by atoms with Crippen molar-refractivity contribution in [3.05, 3.63) is 34.1 Å². The smallest absolute Gasteiger partial charge is 0.327 e. The minimum absolute atomic E-state index is 0.276. The van der Waals surface area contributed by atoms with Crippen molar-refractivity contribution < 1.29 is 9.31 Å². The Hall–Kier alpha value is -1.69. The summed E-state index contributed by atoms with van der Waals surface area (Å²) in [5.74, 6) is -0.821. The van der Waals surface area contributed by atoms with Gasteiger partial charge in [0, 0.05) is 19.6 Å². The number of benzene rings is 1. The second-order valence-electron chi connectivity index (χ2n) is 3.23. The van der Waals surface area contributed by atoms with Gasteiger partial charge in [0.25, 0.3) is 0 Å². The third kappa shape index (κ3) is 2.46. The summed E-state index contributed by atoms with van der Waals surface area (Å²) in [7, 11) is 0. The Balaban J connectivity index is 3.20. The molecule has 0 saturated heterocycles. The largest absolute Gasteiger partial charge is 0.365 e. The zero-order valence-electron chi connectivity index (χ0n) is 9.02. The predicted molar refractivity (Wildman–Crippen MR) is 60.0 cm³/mol. The number of hydrogen-bond donors (Lipinski definition) is 1. The zero-order chi connectivity index (χ0) is 12.1. The van der Waals surface area contributed by atoms with E-state index in [0.717, 1.165) is 6.07 Å². The highest BCUT2D eigenvalue weighted by Gasteiger charge is 2.22. The van der Waals surface area contributed by atoms with E-state index in [1.165, 1.54) is 12.1 Å². The highest BCUT2D eigenvalue weighted by molar-refractivity contribution is 5.63. The highest BCUT2D eigenvalue weighted by atomic mass is 19.1. The predicted octanol–water partition coefficient (Wildman–Crippen LogP) is 1.52. The Bertz CT molecular complexity index is 384. The quantitative estimate of drug-likeness (QED) is 0.611. The van der Waals surface area contributed by atoms with Gasteiger partial charge in [0.15, 0.2) is 0 Å². The van der Waals surface area contributed by atoms with Crippen molar-refractivity contribution in [2.45, 2.75) is 6.92 Å². The summed E-state index contributed by atoms with van der Waals surface area (Å²) in [4.78, 5) is 11.8. The third-order valence-electron chi connectivity index (χ3n) is 2.27. The first-order valence-corrected chi connectivity index (χ1v) is 4.99. The molecule has 0 aliphatic rings. The Morgan fingerprint density at radius 2 is 2.25 bits per heavy atom. The molecule has 88 valence electrons. The molecule has 0 aliphatic carbocycles. The average molecular weight is 227 g/mol. The summed E-state index contributed by atoms with van der Waals surface area (Å²) < 4.78 is 13.3. The van der Waals surface area contributed by atoms with E-state index in [1.807, 2.05) is 6.92 Å². The lowest BCUT2D eigenvalue weighted by atomic mass is 10.2. The van der Waals surface area contributed by atoms with Crippen LogP contribution in [-0.2, 0) is 0 Å². The molecule has 0 spiro atoms. The monoisotopic (exact) mass is 227 g/mol. The van der Waals surface area contributed by atoms with Gasteiger partial charge in [0.05, 0.1) is 4.92 Å². The lowest BCUT2D eigenvalue weighted by Gasteiger charge is -2.21. The number of nitro groups is 1. The molecule has 1 aromatic carbocycles. The highest BCUT2D eigenvalue weighted by Crippen LogP contribution is 2.30. The lowest BCUT2D eigenvalue weighted by Crippen LogP contribution is -2.29. The molecular weight excluding hydrogens is 213 g/mol. The van der Waals surface area contributed by atoms with Gasteiger partial charge in [0.1, 0.15) is 5.69 Å². The van der Waals surface area contributed by atoms with Crippen LogP contribution in [0.5, 0.6) is 0 Å². The maximum Gasteiger partial charge on any atom is 0.327 e. The SMILES string of the molecule is CCN(CCN)c1cccc(F)c1[N+](=O)[O-]. The number of nitrogens with two attached hydrogens (primary N) is 1. The lowest BCUT2D eigenvalue weighted by molar-refractivity contribution is -0.386. The molecule has 5 nitrogen and oxygen atoms in total. The molecule has 0 aromatic heterocycles. The Morgan fingerprint density at radius 1 is 1.56 bits per heavy atom. The maximum absolute atomic E-state index is 13.3. The summed E-state index contributed by atoms with van der Waals surface area (Å²) in [5.41, 5.74) is 5.19. The summed E-state index contributed by atoms with van der Waals surface area (Å²) in [6.45, 7) is 3.20. The number of likely N-dealkylation sites (N-methyl/N-ethyl adjacent to an activating group) is 1. The molecule has 16 heavy (non-hydrogen) atoms. The molecule has 1 aromatic rings. The van der Waals surface area contributed by atoms with Gasteiger partial charge in [0.2, 0.25) is 5.82 Å². The molecule has 0 heterocycles. The van der Waals surface area contributed by atoms with Gasteiger partial charge in [-0.1, -0.05) is 6.07 Å². The van der Waals surface area contributed by atoms with Crippen LogP contribution in [0.4, 0.5) is 15.8 Å². The zero-order valence-corrected chi connectivity index (χ0v) is 9.02. The van der Waals surface area contributed by atoms with E-state index in [-0.39, 0.29) is 5.69 Å². The van der Waals surface area contributed by atoms with Crippen LogP contribution in [0, 0.1) is 15.9 Å². The van der Waals surface area contributed by atoms with E-state index >= 15 is 0 Å². The molecule has 0 unspecified atom stereocenters. The summed E-state index contributed by atoms with van der Waals surface area (Å²) in [6.07, 6.45) is 0. The molecule has 0 radical (unpaired) electrons. The number of hydrogen-bond acceptors (Lipinski definition) is 4. The number of halogens is 1. The van der Waals surface area contributed by atoms with Gasteiger partial charge in [-0.25, -0.2) is 0 Å². The number of nitrogens with zero attached hydrogens (tertiary/aromatic N) is 2. The summed E-state index contributed by atoms with van der Waals surface area (Å²) in [6, 6.07) is 4.06. The summed E-state index contributed by atoms with van der Waals surface area (Å²) >= 11 is 0. The molecule has 0 fully saturated rings. The average Bonchev–Trinajstić information content (AvgIpc) is 2.25. The first-order chi connectivity index (χ1) is 7.61. The van der Waals surface area contributed by atoms with Gasteiger partial charge in [-0.2, -0.15) is 4.39 Å². The first-order valence-electron chi connectivity index (χ1n) is 4.99. The van der Waals surface area contributed by atoms with E-state index in [2.05, 4.69) is 0 Å². The van der Waals surface area contributed by atoms with Crippen LogP contribution in [0.1, 0.15) is 6.92 Å². The minimum atomic E-state index is -0.821. The second kappa shape index (κ2) is 5.41. The number of nitro benzene ring substituents is 1. The maximum atomic E-state index is 13.3. The van der Waals surface area contributed by atoms with Gasteiger partial charge >= 0.3 is 5.69 Å². The van der Waals surface area contributed by atoms with Gasteiger partial charge < -0.3 is 10.6 Å². The topological polar surface area (TPSA) is 72.4 Å². The molecule has 0 aliphatic heterocycles. The Kier molecular flexibility index (Phi) is 4.19. The number of para-hydroxylation sites is 1. The van der Waals surface area contributed by atoms with Crippen LogP contribution in [0.2, 0.25) is 0 Å². The van der Waals surface area contributed by atoms with Crippen LogP contribution in [-0.4, -0.2) is 24.6 Å². The van der Waals surface area contributed by atoms with Gasteiger partial charge in [-0.15, -0.1) is 0 Å². The van der Waals surface area contributed by atoms with Crippen LogP contribution >= 0.6 is 0 Å². The standard InChI is InChI=1S/C10H14FN3O2/c1-2-13(7-6-12)9-5-3-4-8(11)10(9)14(15)16/h3-5H,2,6-7,12H2,1H3. The fourth-order valence-corrected chi connectivity index (χ4v) is 1.54. The van der Waals surface area contributed by atoms with Crippen LogP contribution in [0.25, 0.3) is 0 Å². The van der Waals surface area contributed by atoms with E-state index in [0.29, 0.717) is 19.6 Å². The molecule has 0 amide bonds. The van der Waals surface area contributed by atoms with Crippen LogP contribution in [0.3, 0.4) is 0 Å². The number of anilines is 1. The van der Waals surface area contributed by atoms with Crippen molar-refractivity contribution in [2.75, 3.05) is 24.5 Å². The van der Waals surface area contributed by atoms with Crippen LogP contribution < -0.4 is 10.6 Å². The Labute approximate surface area is 92.8 Å². The van der Waals surface area contributed by atoms with E-state index < -0.39 is 16.4 Å². The van der Waals surface area contributed by atoms with Crippen molar-refractivity contribution in [1.82, 2.24) is 0 Å². The molecule has 0 bridgehead atoms. The number of rotatable bonds is 5. The third-order valence-corrected chi connectivity index (χ3v) is 2.27. The van der Waals surface area contributed by atoms with Crippen molar-refractivity contribution in [1.29, 1.82) is 0 Å². The fraction of sp³-hybridized carbons (Fsp3) is 0.400. The van der Waals surface area contributed by atoms with Crippen molar-refractivity contribution >= 4 is 11.4 Å². The van der Waals surface area contributed by atoms with Gasteiger partial charge in [-0.05, 0) is 19.1 Å². The molecule has 0 saturated carbocycles. The minimum Gasteiger partial charge on any atom is -0.365 e. The molecule has 1 rings (SSSR count). The molecular formula is C10H14FN3O2. The van der Waals surface area contributed by atoms with Crippen LogP contribution in [0.15, 0.2) is 18.2 Å². The van der Waals surface area contributed by atoms with Crippen molar-refractivity contribution in [3.8, 4) is 0 Å². The van der Waals surface area contributed by atoms with E-state index in [9.17, 15) is 14.5 Å². The van der Waals surface area contributed by atoms with E-state index in [4.69, 9.17) is 5.73 Å². The van der Waals surface area contributed by atoms with Crippen molar-refractivity contribution in [2.24, 2.45) is 5.73 Å². The molecule has 6 heteroatoms.